The lowest BCUT2D eigenvalue weighted by atomic mass is 10.1. The number of unbranched alkanes of at least 4 members (excludes halogenated alkanes) is 2. The molecule has 4 rings (SSSR count). The lowest BCUT2D eigenvalue weighted by molar-refractivity contribution is 0.410. The molecule has 3 aromatic carbocycles. The van der Waals surface area contributed by atoms with Crippen LogP contribution in [-0.2, 0) is 46.9 Å². The highest BCUT2D eigenvalue weighted by atomic mass is 32.2. The zero-order valence-electron chi connectivity index (χ0n) is 28.6. The van der Waals surface area contributed by atoms with Crippen LogP contribution in [-0.4, -0.2) is 97.0 Å². The van der Waals surface area contributed by atoms with Gasteiger partial charge in [-0.25, -0.2) is 9.97 Å². The van der Waals surface area contributed by atoms with E-state index in [1.165, 1.54) is 48.8 Å². The van der Waals surface area contributed by atoms with E-state index in [-0.39, 0.29) is 47.2 Å². The van der Waals surface area contributed by atoms with Gasteiger partial charge in [0.1, 0.15) is 27.1 Å². The number of hydrogen-bond donors (Lipinski definition) is 4. The summed E-state index contributed by atoms with van der Waals surface area (Å²) in [7, 11) is -16.3. The van der Waals surface area contributed by atoms with Crippen LogP contribution in [0.3, 0.4) is 0 Å². The molecule has 0 bridgehead atoms. The molecule has 0 amide bonds. The molecular formula is C30H35N5O13S6. The number of nitrogens with zero attached hydrogens (tertiary/aromatic N) is 5. The maximum absolute atomic E-state index is 12.3. The van der Waals surface area contributed by atoms with Crippen molar-refractivity contribution in [3.05, 3.63) is 59.4 Å². The number of aromatic nitrogens is 3. The summed E-state index contributed by atoms with van der Waals surface area (Å²) in [6.07, 6.45) is 1.47. The predicted octanol–water partition coefficient (Wildman–Crippen LogP) is 5.36. The van der Waals surface area contributed by atoms with E-state index in [9.17, 15) is 42.8 Å². The molecule has 1 heterocycles. The molecule has 0 unspecified atom stereocenters. The van der Waals surface area contributed by atoms with Gasteiger partial charge in [-0.2, -0.15) is 43.8 Å². The van der Waals surface area contributed by atoms with Crippen molar-refractivity contribution in [2.24, 2.45) is 10.2 Å². The summed E-state index contributed by atoms with van der Waals surface area (Å²) in [5.74, 6) is 0.765. The quantitative estimate of drug-likeness (QED) is 0.0399. The van der Waals surface area contributed by atoms with Crippen LogP contribution in [0, 0.1) is 6.92 Å². The minimum Gasteiger partial charge on any atom is -0.496 e. The normalized spacial score (nSPS) is 12.9. The van der Waals surface area contributed by atoms with E-state index in [0.717, 1.165) is 18.2 Å². The van der Waals surface area contributed by atoms with Crippen LogP contribution in [0.5, 0.6) is 5.75 Å². The van der Waals surface area contributed by atoms with Gasteiger partial charge in [0.25, 0.3) is 40.5 Å². The van der Waals surface area contributed by atoms with Crippen molar-refractivity contribution in [2.75, 3.05) is 30.1 Å². The number of rotatable bonds is 19. The zero-order chi connectivity index (χ0) is 39.9. The minimum atomic E-state index is -4.86. The first-order chi connectivity index (χ1) is 25.1. The van der Waals surface area contributed by atoms with Crippen molar-refractivity contribution in [2.45, 2.75) is 59.1 Å². The van der Waals surface area contributed by atoms with Gasteiger partial charge in [-0.1, -0.05) is 35.7 Å². The van der Waals surface area contributed by atoms with E-state index < -0.39 is 56.0 Å². The van der Waals surface area contributed by atoms with Gasteiger partial charge in [-0.05, 0) is 67.8 Å². The third-order valence-electron chi connectivity index (χ3n) is 7.39. The van der Waals surface area contributed by atoms with Gasteiger partial charge in [-0.3, -0.25) is 18.2 Å². The molecule has 294 valence electrons. The van der Waals surface area contributed by atoms with Crippen LogP contribution in [0.1, 0.15) is 42.6 Å². The van der Waals surface area contributed by atoms with Gasteiger partial charge in [0.15, 0.2) is 10.3 Å². The van der Waals surface area contributed by atoms with Crippen molar-refractivity contribution in [1.82, 2.24) is 15.0 Å². The number of aryl methyl sites for hydroxylation is 1. The van der Waals surface area contributed by atoms with Crippen LogP contribution in [0.15, 0.2) is 72.8 Å². The summed E-state index contributed by atoms with van der Waals surface area (Å²) < 4.78 is 136. The number of azo groups is 1. The highest BCUT2D eigenvalue weighted by Crippen LogP contribution is 2.36. The molecule has 0 aliphatic rings. The smallest absolute Gasteiger partial charge is 0.296 e. The first-order valence-electron chi connectivity index (χ1n) is 15.6. The van der Waals surface area contributed by atoms with Crippen molar-refractivity contribution in [3.63, 3.8) is 0 Å². The van der Waals surface area contributed by atoms with E-state index in [0.29, 0.717) is 57.4 Å². The van der Waals surface area contributed by atoms with Crippen LogP contribution in [0.4, 0.5) is 11.4 Å². The van der Waals surface area contributed by atoms with E-state index in [2.05, 4.69) is 25.2 Å². The van der Waals surface area contributed by atoms with E-state index in [4.69, 9.17) is 13.8 Å². The van der Waals surface area contributed by atoms with Crippen LogP contribution in [0.2, 0.25) is 0 Å². The number of thioether (sulfide) groups is 2. The van der Waals surface area contributed by atoms with Crippen LogP contribution >= 0.6 is 23.5 Å². The maximum atomic E-state index is 12.3. The van der Waals surface area contributed by atoms with Crippen LogP contribution in [0.25, 0.3) is 10.8 Å². The number of methoxy groups -OCH3 is 1. The Labute approximate surface area is 320 Å². The molecule has 4 N–H and O–H groups in total. The maximum Gasteiger partial charge on any atom is 0.296 e. The highest BCUT2D eigenvalue weighted by molar-refractivity contribution is 7.99. The van der Waals surface area contributed by atoms with Crippen molar-refractivity contribution in [3.8, 4) is 5.75 Å². The Morgan fingerprint density at radius 2 is 1.24 bits per heavy atom. The standard InChI is InChI=1S/C30H35N5O13S6/c1-19-14-21(16-28-31-29(49-10-3-5-12-51(36,37)38)33-30(32-28)50-11-4-6-13-52(39,40)41)25(48-2)18-23(19)34-35-24-17-22-20(15-27(24)54(45,46)47)8-7-9-26(22)53(42,43)44/h7-9,14-15,17-18H,3-6,10-13,16H2,1-2H3,(H,36,37,38)(H,39,40,41)(H,42,43,44)(H,45,46,47). The molecule has 54 heavy (non-hydrogen) atoms. The fourth-order valence-electron chi connectivity index (χ4n) is 4.91. The lowest BCUT2D eigenvalue weighted by Gasteiger charge is -2.12. The Morgan fingerprint density at radius 3 is 1.76 bits per heavy atom. The Bertz CT molecular complexity index is 2440. The van der Waals surface area contributed by atoms with Gasteiger partial charge in [-0.15, -0.1) is 5.11 Å². The van der Waals surface area contributed by atoms with Gasteiger partial charge in [0, 0.05) is 34.9 Å². The largest absolute Gasteiger partial charge is 0.496 e. The second-order valence-electron chi connectivity index (χ2n) is 11.6. The number of ether oxygens (including phenoxy) is 1. The fourth-order valence-corrected chi connectivity index (χ4v) is 9.16. The fraction of sp³-hybridized carbons (Fsp3) is 0.367. The topological polar surface area (TPSA) is 290 Å². The molecule has 1 aromatic heterocycles. The molecule has 18 nitrogen and oxygen atoms in total. The number of hydrogen-bond acceptors (Lipinski definition) is 16. The first kappa shape index (κ1) is 43.4. The van der Waals surface area contributed by atoms with Gasteiger partial charge in [0.05, 0.1) is 24.3 Å². The lowest BCUT2D eigenvalue weighted by Crippen LogP contribution is -2.06. The minimum absolute atomic E-state index is 0.0605. The predicted molar refractivity (Wildman–Crippen MR) is 201 cm³/mol. The first-order valence-corrected chi connectivity index (χ1v) is 23.7. The molecule has 0 aliphatic carbocycles. The molecule has 0 saturated heterocycles. The molecular weight excluding hydrogens is 831 g/mol. The Balaban J connectivity index is 1.64. The van der Waals surface area contributed by atoms with E-state index >= 15 is 0 Å². The van der Waals surface area contributed by atoms with E-state index in [1.807, 2.05) is 0 Å². The molecule has 0 spiro atoms. The van der Waals surface area contributed by atoms with Gasteiger partial charge >= 0.3 is 0 Å². The van der Waals surface area contributed by atoms with Gasteiger partial charge in [0.2, 0.25) is 0 Å². The summed E-state index contributed by atoms with van der Waals surface area (Å²) in [6, 6.07) is 9.12. The van der Waals surface area contributed by atoms with E-state index in [1.54, 1.807) is 13.0 Å². The molecule has 0 fully saturated rings. The highest BCUT2D eigenvalue weighted by Gasteiger charge is 2.21. The van der Waals surface area contributed by atoms with Crippen molar-refractivity contribution < 1.29 is 56.6 Å². The second kappa shape index (κ2) is 18.1. The molecule has 4 aromatic rings. The summed E-state index contributed by atoms with van der Waals surface area (Å²) in [6.45, 7) is 1.69. The zero-order valence-corrected chi connectivity index (χ0v) is 33.5. The average molecular weight is 866 g/mol. The Hall–Kier alpha value is -3.33. The third kappa shape index (κ3) is 13.2. The molecule has 0 saturated carbocycles. The Kier molecular flexibility index (Phi) is 14.5. The third-order valence-corrected chi connectivity index (χ3v) is 12.7. The molecule has 0 radical (unpaired) electrons. The molecule has 24 heteroatoms. The van der Waals surface area contributed by atoms with Crippen LogP contribution < -0.4 is 4.74 Å². The molecule has 0 atom stereocenters. The van der Waals surface area contributed by atoms with Crippen molar-refractivity contribution in [1.29, 1.82) is 0 Å². The summed E-state index contributed by atoms with van der Waals surface area (Å²) in [4.78, 5) is 12.4. The van der Waals surface area contributed by atoms with Crippen molar-refractivity contribution >= 4 is 86.1 Å². The summed E-state index contributed by atoms with van der Waals surface area (Å²) in [5, 5.41) is 8.90. The molecule has 0 aliphatic heterocycles. The average Bonchev–Trinajstić information content (AvgIpc) is 3.05. The second-order valence-corrected chi connectivity index (χ2v) is 19.6. The Morgan fingerprint density at radius 1 is 0.685 bits per heavy atom. The summed E-state index contributed by atoms with van der Waals surface area (Å²) in [5.41, 5.74) is 0.964. The monoisotopic (exact) mass is 865 g/mol. The number of benzene rings is 3. The SMILES string of the molecule is COc1cc(N=Nc2cc3c(S(=O)(=O)O)cccc3cc2S(=O)(=O)O)c(C)cc1Cc1nc(SCCCCS(=O)(=O)O)nc(SCCCCS(=O)(=O)O)n1. The summed E-state index contributed by atoms with van der Waals surface area (Å²) >= 11 is 2.50. The number of fused-ring (bicyclic) bond motifs is 1. The van der Waals surface area contributed by atoms with Gasteiger partial charge < -0.3 is 4.74 Å².